The van der Waals surface area contributed by atoms with E-state index in [0.717, 1.165) is 13.1 Å². The van der Waals surface area contributed by atoms with Crippen LogP contribution in [0.2, 0.25) is 0 Å². The molecule has 1 N–H and O–H groups in total. The molecule has 0 radical (unpaired) electrons. The molecule has 0 saturated heterocycles. The van der Waals surface area contributed by atoms with Gasteiger partial charge in [-0.2, -0.15) is 0 Å². The fraction of sp³-hybridized carbons (Fsp3) is 0.368. The van der Waals surface area contributed by atoms with E-state index in [2.05, 4.69) is 69.4 Å². The summed E-state index contributed by atoms with van der Waals surface area (Å²) in [5, 5.41) is 3.44. The zero-order valence-corrected chi connectivity index (χ0v) is 13.1. The van der Waals surface area contributed by atoms with Gasteiger partial charge in [-0.25, -0.2) is 0 Å². The lowest BCUT2D eigenvalue weighted by atomic mass is 9.95. The first kappa shape index (κ1) is 14.8. The molecule has 0 aliphatic carbocycles. The quantitative estimate of drug-likeness (QED) is 0.769. The molecule has 106 valence electrons. The third-order valence-corrected chi connectivity index (χ3v) is 3.86. The van der Waals surface area contributed by atoms with E-state index < -0.39 is 0 Å². The molecule has 0 amide bonds. The largest absolute Gasteiger partial charge is 0.313 e. The van der Waals surface area contributed by atoms with Crippen LogP contribution in [0.1, 0.15) is 35.6 Å². The molecule has 0 aliphatic rings. The molecule has 0 fully saturated rings. The predicted octanol–water partition coefficient (Wildman–Crippen LogP) is 4.78. The molecule has 0 atom stereocenters. The van der Waals surface area contributed by atoms with Crippen molar-refractivity contribution in [1.29, 1.82) is 0 Å². The third kappa shape index (κ3) is 3.49. The van der Waals surface area contributed by atoms with Crippen LogP contribution in [0.3, 0.4) is 0 Å². The minimum absolute atomic E-state index is 0.958. The highest BCUT2D eigenvalue weighted by molar-refractivity contribution is 5.68. The first-order chi connectivity index (χ1) is 9.61. The van der Waals surface area contributed by atoms with Crippen molar-refractivity contribution in [3.63, 3.8) is 0 Å². The molecule has 2 aromatic carbocycles. The summed E-state index contributed by atoms with van der Waals surface area (Å²) in [4.78, 5) is 0. The maximum absolute atomic E-state index is 3.44. The molecule has 0 aromatic heterocycles. The van der Waals surface area contributed by atoms with E-state index in [9.17, 15) is 0 Å². The molecular formula is C19H25N. The maximum Gasteiger partial charge on any atom is 0.0205 e. The van der Waals surface area contributed by atoms with Gasteiger partial charge in [0.1, 0.15) is 0 Å². The number of rotatable bonds is 5. The predicted molar refractivity (Wildman–Crippen MR) is 88.1 cm³/mol. The molecule has 0 unspecified atom stereocenters. The lowest BCUT2D eigenvalue weighted by molar-refractivity contribution is 0.675. The van der Waals surface area contributed by atoms with Crippen molar-refractivity contribution in [1.82, 2.24) is 5.32 Å². The van der Waals surface area contributed by atoms with Crippen LogP contribution in [0.5, 0.6) is 0 Å². The van der Waals surface area contributed by atoms with E-state index in [-0.39, 0.29) is 0 Å². The van der Waals surface area contributed by atoms with Gasteiger partial charge in [0.25, 0.3) is 0 Å². The van der Waals surface area contributed by atoms with E-state index in [4.69, 9.17) is 0 Å². The van der Waals surface area contributed by atoms with E-state index in [1.54, 1.807) is 0 Å². The zero-order valence-electron chi connectivity index (χ0n) is 13.1. The molecule has 20 heavy (non-hydrogen) atoms. The third-order valence-electron chi connectivity index (χ3n) is 3.86. The lowest BCUT2D eigenvalue weighted by Gasteiger charge is -2.11. The van der Waals surface area contributed by atoms with Gasteiger partial charge in [0.2, 0.25) is 0 Å². The van der Waals surface area contributed by atoms with Gasteiger partial charge >= 0.3 is 0 Å². The SMILES string of the molecule is CCCNCc1ccc(-c2cc(C)c(C)cc2C)cc1. The smallest absolute Gasteiger partial charge is 0.0205 e. The molecule has 1 heteroatoms. The Balaban J connectivity index is 2.19. The van der Waals surface area contributed by atoms with Gasteiger partial charge in [-0.05, 0) is 67.1 Å². The van der Waals surface area contributed by atoms with Crippen molar-refractivity contribution >= 4 is 0 Å². The van der Waals surface area contributed by atoms with Crippen molar-refractivity contribution in [3.05, 3.63) is 58.7 Å². The first-order valence-corrected chi connectivity index (χ1v) is 7.49. The van der Waals surface area contributed by atoms with Gasteiger partial charge < -0.3 is 5.32 Å². The lowest BCUT2D eigenvalue weighted by Crippen LogP contribution is -2.13. The van der Waals surface area contributed by atoms with Crippen LogP contribution in [0.25, 0.3) is 11.1 Å². The molecule has 0 heterocycles. The molecule has 0 aliphatic heterocycles. The summed E-state index contributed by atoms with van der Waals surface area (Å²) in [6.07, 6.45) is 1.18. The Bertz CT molecular complexity index is 567. The average molecular weight is 267 g/mol. The Labute approximate surface area is 123 Å². The average Bonchev–Trinajstić information content (AvgIpc) is 2.44. The van der Waals surface area contributed by atoms with Crippen molar-refractivity contribution < 1.29 is 0 Å². The minimum atomic E-state index is 0.958. The Kier molecular flexibility index (Phi) is 4.97. The summed E-state index contributed by atoms with van der Waals surface area (Å²) in [7, 11) is 0. The zero-order chi connectivity index (χ0) is 14.5. The van der Waals surface area contributed by atoms with Gasteiger partial charge in [0.05, 0.1) is 0 Å². The Morgan fingerprint density at radius 3 is 2.15 bits per heavy atom. The van der Waals surface area contributed by atoms with Crippen LogP contribution in [0, 0.1) is 20.8 Å². The number of hydrogen-bond acceptors (Lipinski definition) is 1. The van der Waals surface area contributed by atoms with Gasteiger partial charge in [-0.3, -0.25) is 0 Å². The summed E-state index contributed by atoms with van der Waals surface area (Å²) >= 11 is 0. The Morgan fingerprint density at radius 1 is 0.850 bits per heavy atom. The fourth-order valence-corrected chi connectivity index (χ4v) is 2.48. The topological polar surface area (TPSA) is 12.0 Å². The molecule has 0 spiro atoms. The van der Waals surface area contributed by atoms with Gasteiger partial charge in [-0.15, -0.1) is 0 Å². The van der Waals surface area contributed by atoms with Crippen LogP contribution in [0.4, 0.5) is 0 Å². The van der Waals surface area contributed by atoms with E-state index in [1.807, 2.05) is 0 Å². The number of nitrogens with one attached hydrogen (secondary N) is 1. The molecule has 0 bridgehead atoms. The van der Waals surface area contributed by atoms with E-state index >= 15 is 0 Å². The van der Waals surface area contributed by atoms with Crippen LogP contribution in [-0.2, 0) is 6.54 Å². The monoisotopic (exact) mass is 267 g/mol. The highest BCUT2D eigenvalue weighted by atomic mass is 14.8. The summed E-state index contributed by atoms with van der Waals surface area (Å²) < 4.78 is 0. The van der Waals surface area contributed by atoms with Crippen molar-refractivity contribution in [2.75, 3.05) is 6.54 Å². The second-order valence-corrected chi connectivity index (χ2v) is 5.63. The second-order valence-electron chi connectivity index (χ2n) is 5.63. The summed E-state index contributed by atoms with van der Waals surface area (Å²) in [5.74, 6) is 0. The van der Waals surface area contributed by atoms with Crippen LogP contribution >= 0.6 is 0 Å². The molecule has 2 rings (SSSR count). The summed E-state index contributed by atoms with van der Waals surface area (Å²) in [6, 6.07) is 13.5. The highest BCUT2D eigenvalue weighted by Gasteiger charge is 2.04. The number of benzene rings is 2. The summed E-state index contributed by atoms with van der Waals surface area (Å²) in [6.45, 7) is 10.8. The Morgan fingerprint density at radius 2 is 1.50 bits per heavy atom. The van der Waals surface area contributed by atoms with Gasteiger partial charge in [0.15, 0.2) is 0 Å². The number of aryl methyl sites for hydroxylation is 3. The van der Waals surface area contributed by atoms with Crippen LogP contribution < -0.4 is 5.32 Å². The first-order valence-electron chi connectivity index (χ1n) is 7.49. The van der Waals surface area contributed by atoms with Gasteiger partial charge in [-0.1, -0.05) is 43.3 Å². The van der Waals surface area contributed by atoms with Crippen LogP contribution in [-0.4, -0.2) is 6.54 Å². The van der Waals surface area contributed by atoms with Crippen LogP contribution in [0.15, 0.2) is 36.4 Å². The van der Waals surface area contributed by atoms with E-state index in [0.29, 0.717) is 0 Å². The number of hydrogen-bond donors (Lipinski definition) is 1. The maximum atomic E-state index is 3.44. The normalized spacial score (nSPS) is 10.8. The molecule has 2 aromatic rings. The molecular weight excluding hydrogens is 242 g/mol. The summed E-state index contributed by atoms with van der Waals surface area (Å²) in [5.41, 5.74) is 8.09. The minimum Gasteiger partial charge on any atom is -0.313 e. The fourth-order valence-electron chi connectivity index (χ4n) is 2.48. The van der Waals surface area contributed by atoms with Crippen molar-refractivity contribution in [2.45, 2.75) is 40.7 Å². The van der Waals surface area contributed by atoms with Crippen molar-refractivity contribution in [2.24, 2.45) is 0 Å². The Hall–Kier alpha value is -1.60. The standard InChI is InChI=1S/C19H25N/c1-5-10-20-13-17-6-8-18(9-7-17)19-12-15(3)14(2)11-16(19)4/h6-9,11-12,20H,5,10,13H2,1-4H3. The highest BCUT2D eigenvalue weighted by Crippen LogP contribution is 2.26. The second kappa shape index (κ2) is 6.71. The molecule has 0 saturated carbocycles. The van der Waals surface area contributed by atoms with Crippen molar-refractivity contribution in [3.8, 4) is 11.1 Å². The van der Waals surface area contributed by atoms with E-state index in [1.165, 1.54) is 39.8 Å². The molecule has 1 nitrogen and oxygen atoms in total. The van der Waals surface area contributed by atoms with Gasteiger partial charge in [0, 0.05) is 6.54 Å².